The van der Waals surface area contributed by atoms with Gasteiger partial charge in [0.15, 0.2) is 0 Å². The van der Waals surface area contributed by atoms with E-state index in [-0.39, 0.29) is 11.9 Å². The first kappa shape index (κ1) is 15.2. The highest BCUT2D eigenvalue weighted by molar-refractivity contribution is 7.14. The Hall–Kier alpha value is -2.38. The van der Waals surface area contributed by atoms with Gasteiger partial charge in [-0.1, -0.05) is 23.5 Å². The van der Waals surface area contributed by atoms with E-state index in [4.69, 9.17) is 0 Å². The predicted octanol–water partition coefficient (Wildman–Crippen LogP) is 2.75. The fourth-order valence-electron chi connectivity index (χ4n) is 2.88. The van der Waals surface area contributed by atoms with Gasteiger partial charge in [0.2, 0.25) is 5.91 Å². The van der Waals surface area contributed by atoms with Crippen LogP contribution in [-0.4, -0.2) is 33.7 Å². The first-order valence-electron chi connectivity index (χ1n) is 7.93. The molecule has 3 heterocycles. The molecule has 3 aromatic rings. The maximum absolute atomic E-state index is 12.2. The summed E-state index contributed by atoms with van der Waals surface area (Å²) in [7, 11) is 0. The molecule has 2 aromatic heterocycles. The lowest BCUT2D eigenvalue weighted by Crippen LogP contribution is -2.35. The van der Waals surface area contributed by atoms with E-state index >= 15 is 0 Å². The third kappa shape index (κ3) is 3.00. The Morgan fingerprint density at radius 1 is 1.29 bits per heavy atom. The van der Waals surface area contributed by atoms with Gasteiger partial charge in [-0.3, -0.25) is 4.79 Å². The van der Waals surface area contributed by atoms with Crippen molar-refractivity contribution in [2.24, 2.45) is 0 Å². The zero-order valence-electron chi connectivity index (χ0n) is 13.2. The molecule has 1 aromatic carbocycles. The van der Waals surface area contributed by atoms with Gasteiger partial charge in [-0.15, -0.1) is 10.2 Å². The minimum absolute atomic E-state index is 0.0183. The lowest BCUT2D eigenvalue weighted by atomic mass is 10.1. The van der Waals surface area contributed by atoms with Crippen molar-refractivity contribution in [3.63, 3.8) is 0 Å². The molecule has 4 rings (SSSR count). The molecule has 6 nitrogen and oxygen atoms in total. The molecule has 0 spiro atoms. The Balaban J connectivity index is 1.62. The van der Waals surface area contributed by atoms with Gasteiger partial charge in [0.1, 0.15) is 15.8 Å². The van der Waals surface area contributed by atoms with Crippen LogP contribution >= 0.6 is 11.3 Å². The van der Waals surface area contributed by atoms with E-state index in [1.165, 1.54) is 0 Å². The summed E-state index contributed by atoms with van der Waals surface area (Å²) >= 11 is 1.57. The number of aromatic nitrogens is 3. The minimum atomic E-state index is -0.113. The van der Waals surface area contributed by atoms with Crippen molar-refractivity contribution in [2.45, 2.75) is 25.8 Å². The highest BCUT2D eigenvalue weighted by Crippen LogP contribution is 2.27. The Labute approximate surface area is 143 Å². The SMILES string of the molecule is Cc1nnc(-c2ccc3cnc(NC(=O)[C@H]4CCCN4)cc3c2)s1. The van der Waals surface area contributed by atoms with E-state index in [2.05, 4.69) is 31.9 Å². The topological polar surface area (TPSA) is 79.8 Å². The summed E-state index contributed by atoms with van der Waals surface area (Å²) < 4.78 is 0. The van der Waals surface area contributed by atoms with Gasteiger partial charge in [0.05, 0.1) is 6.04 Å². The fourth-order valence-corrected chi connectivity index (χ4v) is 3.57. The second-order valence-corrected chi connectivity index (χ2v) is 7.08. The first-order valence-corrected chi connectivity index (χ1v) is 8.75. The maximum Gasteiger partial charge on any atom is 0.242 e. The molecule has 7 heteroatoms. The monoisotopic (exact) mass is 339 g/mol. The number of rotatable bonds is 3. The van der Waals surface area contributed by atoms with Gasteiger partial charge in [-0.05, 0) is 43.8 Å². The molecule has 122 valence electrons. The summed E-state index contributed by atoms with van der Waals surface area (Å²) in [6, 6.07) is 7.88. The predicted molar refractivity (Wildman–Crippen MR) is 95.0 cm³/mol. The number of fused-ring (bicyclic) bond motifs is 1. The van der Waals surface area contributed by atoms with Gasteiger partial charge in [-0.2, -0.15) is 0 Å². The molecule has 0 saturated carbocycles. The second kappa shape index (κ2) is 6.26. The first-order chi connectivity index (χ1) is 11.7. The normalized spacial score (nSPS) is 17.3. The van der Waals surface area contributed by atoms with Crippen LogP contribution in [0.4, 0.5) is 5.82 Å². The summed E-state index contributed by atoms with van der Waals surface area (Å²) in [5.74, 6) is 0.557. The molecule has 0 aliphatic carbocycles. The molecular weight excluding hydrogens is 322 g/mol. The molecular formula is C17H17N5OS. The van der Waals surface area contributed by atoms with E-state index < -0.39 is 0 Å². The molecule has 1 atom stereocenters. The summed E-state index contributed by atoms with van der Waals surface area (Å²) in [5.41, 5.74) is 1.02. The molecule has 24 heavy (non-hydrogen) atoms. The lowest BCUT2D eigenvalue weighted by Gasteiger charge is -2.11. The molecule has 1 aliphatic heterocycles. The zero-order chi connectivity index (χ0) is 16.5. The van der Waals surface area contributed by atoms with Gasteiger partial charge in [0.25, 0.3) is 0 Å². The van der Waals surface area contributed by atoms with Crippen molar-refractivity contribution in [2.75, 3.05) is 11.9 Å². The van der Waals surface area contributed by atoms with Crippen LogP contribution in [0.25, 0.3) is 21.3 Å². The van der Waals surface area contributed by atoms with Gasteiger partial charge in [0, 0.05) is 17.1 Å². The lowest BCUT2D eigenvalue weighted by molar-refractivity contribution is -0.117. The summed E-state index contributed by atoms with van der Waals surface area (Å²) in [6.45, 7) is 2.84. The van der Waals surface area contributed by atoms with E-state index in [1.807, 2.05) is 25.1 Å². The standard InChI is InChI=1S/C17H17N5OS/c1-10-21-22-17(24-10)11-4-5-12-9-19-15(8-13(12)7-11)20-16(23)14-3-2-6-18-14/h4-5,7-9,14,18H,2-3,6H2,1H3,(H,19,20,23)/t14-/m1/s1. The van der Waals surface area contributed by atoms with Crippen molar-refractivity contribution in [1.82, 2.24) is 20.5 Å². The number of anilines is 1. The molecule has 0 bridgehead atoms. The van der Waals surface area contributed by atoms with Crippen LogP contribution in [0, 0.1) is 6.92 Å². The van der Waals surface area contributed by atoms with Crippen molar-refractivity contribution >= 4 is 33.8 Å². The van der Waals surface area contributed by atoms with Crippen molar-refractivity contribution < 1.29 is 4.79 Å². The van der Waals surface area contributed by atoms with E-state index in [0.717, 1.165) is 45.7 Å². The second-order valence-electron chi connectivity index (χ2n) is 5.90. The minimum Gasteiger partial charge on any atom is -0.309 e. The number of carbonyl (C=O) groups is 1. The van der Waals surface area contributed by atoms with Crippen LogP contribution in [-0.2, 0) is 4.79 Å². The fraction of sp³-hybridized carbons (Fsp3) is 0.294. The average Bonchev–Trinajstić information content (AvgIpc) is 3.25. The van der Waals surface area contributed by atoms with Crippen LogP contribution in [0.3, 0.4) is 0 Å². The van der Waals surface area contributed by atoms with Crippen LogP contribution in [0.15, 0.2) is 30.5 Å². The summed E-state index contributed by atoms with van der Waals surface area (Å²) in [6.07, 6.45) is 3.69. The number of amides is 1. The molecule has 0 radical (unpaired) electrons. The van der Waals surface area contributed by atoms with Crippen LogP contribution in [0.1, 0.15) is 17.8 Å². The smallest absolute Gasteiger partial charge is 0.242 e. The Morgan fingerprint density at radius 3 is 2.96 bits per heavy atom. The van der Waals surface area contributed by atoms with Crippen molar-refractivity contribution in [3.8, 4) is 10.6 Å². The van der Waals surface area contributed by atoms with Crippen molar-refractivity contribution in [1.29, 1.82) is 0 Å². The number of nitrogens with zero attached hydrogens (tertiary/aromatic N) is 3. The van der Waals surface area contributed by atoms with Crippen LogP contribution in [0.2, 0.25) is 0 Å². The number of nitrogens with one attached hydrogen (secondary N) is 2. The molecule has 1 amide bonds. The molecule has 0 unspecified atom stereocenters. The number of hydrogen-bond donors (Lipinski definition) is 2. The average molecular weight is 339 g/mol. The molecule has 1 saturated heterocycles. The third-order valence-electron chi connectivity index (χ3n) is 4.12. The number of pyridine rings is 1. The van der Waals surface area contributed by atoms with Gasteiger partial charge >= 0.3 is 0 Å². The zero-order valence-corrected chi connectivity index (χ0v) is 14.1. The maximum atomic E-state index is 12.2. The summed E-state index contributed by atoms with van der Waals surface area (Å²) in [5, 5.41) is 18.2. The highest BCUT2D eigenvalue weighted by Gasteiger charge is 2.22. The Bertz CT molecular complexity index is 901. The Kier molecular flexibility index (Phi) is 3.95. The largest absolute Gasteiger partial charge is 0.309 e. The summed E-state index contributed by atoms with van der Waals surface area (Å²) in [4.78, 5) is 16.6. The molecule has 1 aliphatic rings. The van der Waals surface area contributed by atoms with E-state index in [0.29, 0.717) is 5.82 Å². The van der Waals surface area contributed by atoms with Crippen LogP contribution < -0.4 is 10.6 Å². The number of aryl methyl sites for hydroxylation is 1. The highest BCUT2D eigenvalue weighted by atomic mass is 32.1. The van der Waals surface area contributed by atoms with E-state index in [1.54, 1.807) is 17.5 Å². The quantitative estimate of drug-likeness (QED) is 0.767. The third-order valence-corrected chi connectivity index (χ3v) is 5.01. The van der Waals surface area contributed by atoms with Crippen LogP contribution in [0.5, 0.6) is 0 Å². The Morgan fingerprint density at radius 2 is 2.21 bits per heavy atom. The molecule has 1 fully saturated rings. The number of benzene rings is 1. The van der Waals surface area contributed by atoms with E-state index in [9.17, 15) is 4.79 Å². The number of hydrogen-bond acceptors (Lipinski definition) is 6. The van der Waals surface area contributed by atoms with Crippen molar-refractivity contribution in [3.05, 3.63) is 35.5 Å². The van der Waals surface area contributed by atoms with Gasteiger partial charge in [-0.25, -0.2) is 4.98 Å². The number of carbonyl (C=O) groups excluding carboxylic acids is 1. The van der Waals surface area contributed by atoms with Gasteiger partial charge < -0.3 is 10.6 Å². The molecule has 2 N–H and O–H groups in total.